The number of benzene rings is 2. The zero-order valence-corrected chi connectivity index (χ0v) is 23.4. The molecule has 0 heterocycles. The van der Waals surface area contributed by atoms with Crippen molar-refractivity contribution in [1.29, 1.82) is 0 Å². The van der Waals surface area contributed by atoms with Crippen LogP contribution >= 0.6 is 19.2 Å². The van der Waals surface area contributed by atoms with Crippen LogP contribution in [0.2, 0.25) is 5.02 Å². The van der Waals surface area contributed by atoms with Crippen molar-refractivity contribution in [2.75, 3.05) is 12.8 Å². The number of aryl methyl sites for hydroxylation is 3. The lowest BCUT2D eigenvalue weighted by Gasteiger charge is -2.18. The minimum atomic E-state index is -3.88. The Kier molecular flexibility index (Phi) is 13.4. The minimum Gasteiger partial charge on any atom is -0.492 e. The molecular weight excluding hydrogens is 479 g/mol. The summed E-state index contributed by atoms with van der Waals surface area (Å²) in [5.41, 5.74) is 5.30. The van der Waals surface area contributed by atoms with E-state index in [4.69, 9.17) is 26.1 Å². The Hall–Kier alpha value is -1.32. The highest BCUT2D eigenvalue weighted by Gasteiger charge is 2.12. The van der Waals surface area contributed by atoms with Crippen LogP contribution in [0.4, 0.5) is 0 Å². The van der Waals surface area contributed by atoms with Gasteiger partial charge in [0.15, 0.2) is 0 Å². The average Bonchev–Trinajstić information content (AvgIpc) is 2.79. The summed E-state index contributed by atoms with van der Waals surface area (Å²) < 4.78 is 16.9. The van der Waals surface area contributed by atoms with Gasteiger partial charge in [0.1, 0.15) is 5.75 Å². The molecule has 35 heavy (non-hydrogen) atoms. The summed E-state index contributed by atoms with van der Waals surface area (Å²) in [5.74, 6) is 1.41. The molecule has 0 aliphatic carbocycles. The Morgan fingerprint density at radius 2 is 1.63 bits per heavy atom. The van der Waals surface area contributed by atoms with Gasteiger partial charge in [-0.05, 0) is 92.7 Å². The molecule has 1 unspecified atom stereocenters. The second-order valence-corrected chi connectivity index (χ2v) is 12.1. The fraction of sp³-hybridized carbons (Fsp3) is 0.586. The molecule has 2 rings (SSSR count). The number of rotatable bonds is 17. The lowest BCUT2D eigenvalue weighted by Crippen LogP contribution is -2.08. The molecule has 0 aliphatic heterocycles. The van der Waals surface area contributed by atoms with E-state index in [-0.39, 0.29) is 6.16 Å². The van der Waals surface area contributed by atoms with E-state index in [9.17, 15) is 4.57 Å². The molecule has 0 radical (unpaired) electrons. The molecule has 0 saturated carbocycles. The van der Waals surface area contributed by atoms with Gasteiger partial charge in [-0.3, -0.25) is 4.57 Å². The Morgan fingerprint density at radius 1 is 0.886 bits per heavy atom. The third-order valence-electron chi connectivity index (χ3n) is 6.74. The van der Waals surface area contributed by atoms with Crippen LogP contribution in [0.15, 0.2) is 36.4 Å². The molecule has 2 aromatic carbocycles. The summed E-state index contributed by atoms with van der Waals surface area (Å²) in [6, 6.07) is 12.8. The maximum absolute atomic E-state index is 10.9. The molecule has 0 fully saturated rings. The predicted octanol–water partition coefficient (Wildman–Crippen LogP) is 8.45. The molecule has 0 aromatic heterocycles. The molecule has 0 spiro atoms. The molecule has 2 N–H and O–H groups in total. The first-order chi connectivity index (χ1) is 16.7. The zero-order valence-electron chi connectivity index (χ0n) is 21.8. The lowest BCUT2D eigenvalue weighted by atomic mass is 9.89. The van der Waals surface area contributed by atoms with E-state index in [2.05, 4.69) is 39.0 Å². The van der Waals surface area contributed by atoms with Crippen molar-refractivity contribution in [3.63, 3.8) is 0 Å². The largest absolute Gasteiger partial charge is 0.492 e. The third kappa shape index (κ3) is 12.5. The van der Waals surface area contributed by atoms with E-state index in [0.717, 1.165) is 49.8 Å². The van der Waals surface area contributed by atoms with Crippen LogP contribution in [0.3, 0.4) is 0 Å². The second kappa shape index (κ2) is 15.7. The van der Waals surface area contributed by atoms with E-state index < -0.39 is 7.60 Å². The number of hydrogen-bond donors (Lipinski definition) is 2. The number of hydrogen-bond acceptors (Lipinski definition) is 2. The highest BCUT2D eigenvalue weighted by Crippen LogP contribution is 2.35. The van der Waals surface area contributed by atoms with E-state index in [1.165, 1.54) is 42.4 Å². The molecule has 0 amide bonds. The molecule has 196 valence electrons. The van der Waals surface area contributed by atoms with Crippen molar-refractivity contribution in [3.8, 4) is 5.75 Å². The van der Waals surface area contributed by atoms with Crippen molar-refractivity contribution in [3.05, 3.63) is 63.7 Å². The maximum Gasteiger partial charge on any atom is 0.325 e. The second-order valence-electron chi connectivity index (χ2n) is 9.94. The Labute approximate surface area is 217 Å². The highest BCUT2D eigenvalue weighted by atomic mass is 35.5. The molecule has 0 bridgehead atoms. The van der Waals surface area contributed by atoms with Gasteiger partial charge in [-0.2, -0.15) is 0 Å². The van der Waals surface area contributed by atoms with E-state index >= 15 is 0 Å². The summed E-state index contributed by atoms with van der Waals surface area (Å²) in [7, 11) is -3.88. The first-order valence-electron chi connectivity index (χ1n) is 13.2. The standard InChI is InChI=1S/C29H44ClO4P/c1-4-5-7-11-25(21-27-15-14-23(2)24(3)20-27)13-10-18-34-29-17-16-26(22-28(29)30)12-8-6-9-19-35(31,32)33/h14-17,20,22,25H,4-13,18-19,21H2,1-3H3,(H2,31,32,33). The number of ether oxygens (including phenoxy) is 1. The van der Waals surface area contributed by atoms with Gasteiger partial charge in [0.2, 0.25) is 0 Å². The van der Waals surface area contributed by atoms with Gasteiger partial charge >= 0.3 is 7.60 Å². The van der Waals surface area contributed by atoms with Crippen LogP contribution in [-0.4, -0.2) is 22.6 Å². The molecule has 1 atom stereocenters. The maximum atomic E-state index is 10.9. The summed E-state index contributed by atoms with van der Waals surface area (Å²) in [5, 5.41) is 0.632. The van der Waals surface area contributed by atoms with E-state index in [0.29, 0.717) is 24.0 Å². The van der Waals surface area contributed by atoms with Crippen molar-refractivity contribution < 1.29 is 19.1 Å². The topological polar surface area (TPSA) is 66.8 Å². The average molecular weight is 523 g/mol. The van der Waals surface area contributed by atoms with Crippen LogP contribution in [0.1, 0.15) is 87.0 Å². The summed E-state index contributed by atoms with van der Waals surface area (Å²) in [6.45, 7) is 7.29. The van der Waals surface area contributed by atoms with Crippen molar-refractivity contribution in [2.45, 2.75) is 91.4 Å². The number of unbranched alkanes of at least 4 members (excludes halogenated alkanes) is 4. The Bertz CT molecular complexity index is 940. The molecular formula is C29H44ClO4P. The summed E-state index contributed by atoms with van der Waals surface area (Å²) in [6.07, 6.45) is 11.4. The fourth-order valence-corrected chi connectivity index (χ4v) is 5.38. The van der Waals surface area contributed by atoms with Crippen LogP contribution in [-0.2, 0) is 17.4 Å². The van der Waals surface area contributed by atoms with Gasteiger partial charge in [0.25, 0.3) is 0 Å². The first kappa shape index (κ1) is 29.9. The monoisotopic (exact) mass is 522 g/mol. The van der Waals surface area contributed by atoms with E-state index in [1.807, 2.05) is 18.2 Å². The van der Waals surface area contributed by atoms with Crippen molar-refractivity contribution in [1.82, 2.24) is 0 Å². The molecule has 0 aliphatic rings. The first-order valence-corrected chi connectivity index (χ1v) is 15.4. The highest BCUT2D eigenvalue weighted by molar-refractivity contribution is 7.51. The van der Waals surface area contributed by atoms with Crippen LogP contribution in [0.25, 0.3) is 0 Å². The number of halogens is 1. The zero-order chi connectivity index (χ0) is 25.7. The molecule has 0 saturated heterocycles. The summed E-state index contributed by atoms with van der Waals surface area (Å²) >= 11 is 6.46. The Morgan fingerprint density at radius 3 is 2.31 bits per heavy atom. The van der Waals surface area contributed by atoms with Crippen molar-refractivity contribution in [2.24, 2.45) is 5.92 Å². The third-order valence-corrected chi connectivity index (χ3v) is 7.93. The van der Waals surface area contributed by atoms with Gasteiger partial charge in [0, 0.05) is 6.16 Å². The fourth-order valence-electron chi connectivity index (χ4n) is 4.49. The van der Waals surface area contributed by atoms with Crippen molar-refractivity contribution >= 4 is 19.2 Å². The van der Waals surface area contributed by atoms with Gasteiger partial charge in [-0.1, -0.05) is 74.9 Å². The smallest absolute Gasteiger partial charge is 0.325 e. The lowest BCUT2D eigenvalue weighted by molar-refractivity contribution is 0.286. The van der Waals surface area contributed by atoms with Crippen LogP contribution in [0, 0.1) is 19.8 Å². The normalized spacial score (nSPS) is 12.6. The molecule has 6 heteroatoms. The predicted molar refractivity (Wildman–Crippen MR) is 148 cm³/mol. The Balaban J connectivity index is 1.78. The van der Waals surface area contributed by atoms with Crippen LogP contribution < -0.4 is 4.74 Å². The van der Waals surface area contributed by atoms with E-state index in [1.54, 1.807) is 0 Å². The summed E-state index contributed by atoms with van der Waals surface area (Å²) in [4.78, 5) is 17.9. The molecule has 4 nitrogen and oxygen atoms in total. The van der Waals surface area contributed by atoms with Crippen LogP contribution in [0.5, 0.6) is 5.75 Å². The van der Waals surface area contributed by atoms with Gasteiger partial charge in [0.05, 0.1) is 11.6 Å². The molecule has 2 aromatic rings. The van der Waals surface area contributed by atoms with Gasteiger partial charge in [-0.25, -0.2) is 0 Å². The SMILES string of the molecule is CCCCCC(CCCOc1ccc(CCCCCP(=O)(O)O)cc1Cl)Cc1ccc(C)c(C)c1. The minimum absolute atomic E-state index is 0.0370. The van der Waals surface area contributed by atoms with Gasteiger partial charge < -0.3 is 14.5 Å². The van der Waals surface area contributed by atoms with Gasteiger partial charge in [-0.15, -0.1) is 0 Å². The quantitative estimate of drug-likeness (QED) is 0.161.